The van der Waals surface area contributed by atoms with Crippen LogP contribution in [-0.4, -0.2) is 5.91 Å². The number of carbonyl (C=O) groups excluding carboxylic acids is 1. The molecule has 0 fully saturated rings. The average Bonchev–Trinajstić information content (AvgIpc) is 2.97. The number of nitrogens with one attached hydrogen (secondary N) is 1. The van der Waals surface area contributed by atoms with Gasteiger partial charge in [0.25, 0.3) is 5.91 Å². The summed E-state index contributed by atoms with van der Waals surface area (Å²) in [6.45, 7) is 0. The minimum Gasteiger partial charge on any atom is -0.321 e. The number of carbonyl (C=O) groups is 1. The molecule has 0 aromatic heterocycles. The van der Waals surface area contributed by atoms with Crippen molar-refractivity contribution >= 4 is 38.7 Å². The highest BCUT2D eigenvalue weighted by Crippen LogP contribution is 2.43. The number of halogens is 1. The van der Waals surface area contributed by atoms with Crippen LogP contribution in [0, 0.1) is 0 Å². The molecule has 20 heavy (non-hydrogen) atoms. The fourth-order valence-corrected chi connectivity index (χ4v) is 3.54. The molecule has 0 saturated carbocycles. The Hall–Kier alpha value is -1.87. The van der Waals surface area contributed by atoms with Crippen molar-refractivity contribution in [1.82, 2.24) is 0 Å². The van der Waals surface area contributed by atoms with E-state index in [-0.39, 0.29) is 5.91 Å². The Bertz CT molecular complexity index is 776. The number of allylic oxidation sites excluding steroid dienone is 1. The average molecular weight is 326 g/mol. The highest BCUT2D eigenvalue weighted by molar-refractivity contribution is 9.10. The van der Waals surface area contributed by atoms with Gasteiger partial charge in [-0.15, -0.1) is 0 Å². The van der Waals surface area contributed by atoms with Gasteiger partial charge in [0.15, 0.2) is 0 Å². The third-order valence-corrected chi connectivity index (χ3v) is 4.50. The first-order valence-corrected chi connectivity index (χ1v) is 7.46. The van der Waals surface area contributed by atoms with Crippen molar-refractivity contribution in [3.05, 3.63) is 63.6 Å². The number of amides is 1. The lowest BCUT2D eigenvalue weighted by molar-refractivity contribution is -0.110. The zero-order valence-corrected chi connectivity index (χ0v) is 12.3. The smallest absolute Gasteiger partial charge is 0.256 e. The van der Waals surface area contributed by atoms with Crippen LogP contribution >= 0.6 is 15.9 Å². The number of rotatable bonds is 0. The molecule has 0 unspecified atom stereocenters. The van der Waals surface area contributed by atoms with Gasteiger partial charge in [-0.05, 0) is 47.7 Å². The van der Waals surface area contributed by atoms with Gasteiger partial charge in [0, 0.05) is 15.7 Å². The summed E-state index contributed by atoms with van der Waals surface area (Å²) in [5.74, 6) is 0.0250. The lowest BCUT2D eigenvalue weighted by atomic mass is 9.97. The van der Waals surface area contributed by atoms with E-state index < -0.39 is 0 Å². The summed E-state index contributed by atoms with van der Waals surface area (Å²) < 4.78 is 1.10. The van der Waals surface area contributed by atoms with Gasteiger partial charge < -0.3 is 5.32 Å². The van der Waals surface area contributed by atoms with Crippen LogP contribution in [-0.2, 0) is 11.2 Å². The fourth-order valence-electron chi connectivity index (χ4n) is 3.13. The largest absolute Gasteiger partial charge is 0.321 e. The molecule has 0 atom stereocenters. The van der Waals surface area contributed by atoms with Gasteiger partial charge in [0.2, 0.25) is 0 Å². The molecule has 2 nitrogen and oxygen atoms in total. The first-order chi connectivity index (χ1) is 9.74. The van der Waals surface area contributed by atoms with Crippen molar-refractivity contribution in [3.63, 3.8) is 0 Å². The number of hydrogen-bond donors (Lipinski definition) is 1. The minimum atomic E-state index is 0.0250. The van der Waals surface area contributed by atoms with Crippen LogP contribution in [0.2, 0.25) is 0 Å². The van der Waals surface area contributed by atoms with Crippen molar-refractivity contribution in [2.45, 2.75) is 12.8 Å². The molecular weight excluding hydrogens is 314 g/mol. The maximum atomic E-state index is 12.3. The number of para-hydroxylation sites is 1. The summed E-state index contributed by atoms with van der Waals surface area (Å²) in [5.41, 5.74) is 6.51. The second-order valence-electron chi connectivity index (χ2n) is 5.15. The third-order valence-electron chi connectivity index (χ3n) is 4.01. The zero-order valence-electron chi connectivity index (χ0n) is 10.7. The van der Waals surface area contributed by atoms with E-state index in [0.717, 1.165) is 34.1 Å². The van der Waals surface area contributed by atoms with Gasteiger partial charge in [-0.25, -0.2) is 0 Å². The Balaban J connectivity index is 1.96. The Labute approximate surface area is 125 Å². The van der Waals surface area contributed by atoms with E-state index in [4.69, 9.17) is 0 Å². The summed E-state index contributed by atoms with van der Waals surface area (Å²) in [6, 6.07) is 14.2. The minimum absolute atomic E-state index is 0.0250. The first kappa shape index (κ1) is 11.9. The molecule has 0 spiro atoms. The van der Waals surface area contributed by atoms with Crippen LogP contribution in [0.15, 0.2) is 46.9 Å². The molecule has 0 bridgehead atoms. The van der Waals surface area contributed by atoms with Gasteiger partial charge in [-0.2, -0.15) is 0 Å². The Morgan fingerprint density at radius 2 is 1.85 bits per heavy atom. The highest BCUT2D eigenvalue weighted by atomic mass is 79.9. The number of hydrogen-bond acceptors (Lipinski definition) is 1. The topological polar surface area (TPSA) is 29.1 Å². The third kappa shape index (κ3) is 1.66. The van der Waals surface area contributed by atoms with E-state index in [1.54, 1.807) is 0 Å². The lowest BCUT2D eigenvalue weighted by Gasteiger charge is -2.06. The Morgan fingerprint density at radius 3 is 2.75 bits per heavy atom. The van der Waals surface area contributed by atoms with Crippen LogP contribution in [0.3, 0.4) is 0 Å². The number of benzene rings is 2. The molecule has 0 radical (unpaired) electrons. The highest BCUT2D eigenvalue weighted by Gasteiger charge is 2.30. The Kier molecular flexibility index (Phi) is 2.57. The summed E-state index contributed by atoms with van der Waals surface area (Å²) in [7, 11) is 0. The predicted octanol–water partition coefficient (Wildman–Crippen LogP) is 4.26. The fraction of sp³-hybridized carbons (Fsp3) is 0.118. The van der Waals surface area contributed by atoms with Crippen LogP contribution in [0.1, 0.15) is 23.1 Å². The van der Waals surface area contributed by atoms with Crippen molar-refractivity contribution < 1.29 is 4.79 Å². The van der Waals surface area contributed by atoms with Crippen LogP contribution in [0.4, 0.5) is 5.69 Å². The maximum absolute atomic E-state index is 12.3. The lowest BCUT2D eigenvalue weighted by Crippen LogP contribution is -2.05. The molecule has 2 aromatic carbocycles. The molecule has 4 rings (SSSR count). The SMILES string of the molecule is O=C1Nc2ccccc2C1=C1CCc2cc(Br)ccc21. The molecule has 1 N–H and O–H groups in total. The molecule has 1 aliphatic carbocycles. The quantitative estimate of drug-likeness (QED) is 0.720. The molecular formula is C17H12BrNO. The van der Waals surface area contributed by atoms with Gasteiger partial charge >= 0.3 is 0 Å². The van der Waals surface area contributed by atoms with Crippen LogP contribution in [0.25, 0.3) is 11.1 Å². The molecule has 98 valence electrons. The van der Waals surface area contributed by atoms with Crippen molar-refractivity contribution in [2.75, 3.05) is 5.32 Å². The van der Waals surface area contributed by atoms with Gasteiger partial charge in [-0.3, -0.25) is 4.79 Å². The maximum Gasteiger partial charge on any atom is 0.256 e. The van der Waals surface area contributed by atoms with Gasteiger partial charge in [0.05, 0.1) is 5.57 Å². The second-order valence-corrected chi connectivity index (χ2v) is 6.07. The van der Waals surface area contributed by atoms with Crippen molar-refractivity contribution in [1.29, 1.82) is 0 Å². The van der Waals surface area contributed by atoms with E-state index in [0.29, 0.717) is 0 Å². The number of aryl methyl sites for hydroxylation is 1. The van der Waals surface area contributed by atoms with E-state index in [2.05, 4.69) is 33.4 Å². The first-order valence-electron chi connectivity index (χ1n) is 6.67. The summed E-state index contributed by atoms with van der Waals surface area (Å²) in [6.07, 6.45) is 1.94. The molecule has 2 aliphatic rings. The van der Waals surface area contributed by atoms with Crippen molar-refractivity contribution in [2.24, 2.45) is 0 Å². The van der Waals surface area contributed by atoms with E-state index in [1.807, 2.05) is 30.3 Å². The molecule has 1 heterocycles. The van der Waals surface area contributed by atoms with E-state index in [1.165, 1.54) is 16.7 Å². The monoisotopic (exact) mass is 325 g/mol. The summed E-state index contributed by atoms with van der Waals surface area (Å²) in [4.78, 5) is 12.3. The number of fused-ring (bicyclic) bond motifs is 2. The van der Waals surface area contributed by atoms with E-state index >= 15 is 0 Å². The van der Waals surface area contributed by atoms with Gasteiger partial charge in [0.1, 0.15) is 0 Å². The number of anilines is 1. The zero-order chi connectivity index (χ0) is 13.7. The molecule has 1 aliphatic heterocycles. The van der Waals surface area contributed by atoms with Gasteiger partial charge in [-0.1, -0.05) is 40.2 Å². The molecule has 3 heteroatoms. The van der Waals surface area contributed by atoms with Crippen LogP contribution in [0.5, 0.6) is 0 Å². The predicted molar refractivity (Wildman–Crippen MR) is 84.3 cm³/mol. The van der Waals surface area contributed by atoms with Crippen LogP contribution < -0.4 is 5.32 Å². The molecule has 2 aromatic rings. The standard InChI is InChI=1S/C17H12BrNO/c18-11-6-8-12-10(9-11)5-7-13(12)16-14-3-1-2-4-15(14)19-17(16)20/h1-4,6,8-9H,5,7H2,(H,19,20). The Morgan fingerprint density at radius 1 is 1.00 bits per heavy atom. The molecule has 0 saturated heterocycles. The summed E-state index contributed by atoms with van der Waals surface area (Å²) in [5, 5.41) is 2.96. The second kappa shape index (κ2) is 4.32. The van der Waals surface area contributed by atoms with E-state index in [9.17, 15) is 4.79 Å². The normalized spacial score (nSPS) is 19.8. The van der Waals surface area contributed by atoms with Crippen molar-refractivity contribution in [3.8, 4) is 0 Å². The summed E-state index contributed by atoms with van der Waals surface area (Å²) >= 11 is 3.51. The molecule has 1 amide bonds.